The molecule has 52 valence electrons. The van der Waals surface area contributed by atoms with Crippen molar-refractivity contribution in [2.75, 3.05) is 6.61 Å². The molecule has 0 aliphatic carbocycles. The first-order chi connectivity index (χ1) is 4.14. The van der Waals surface area contributed by atoms with Gasteiger partial charge >= 0.3 is 10.3 Å². The molecule has 5 heteroatoms. The van der Waals surface area contributed by atoms with Crippen LogP contribution in [0.25, 0.3) is 0 Å². The summed E-state index contributed by atoms with van der Waals surface area (Å²) in [6.45, 7) is 1.97. The van der Waals surface area contributed by atoms with E-state index in [-0.39, 0.29) is 6.61 Å². The van der Waals surface area contributed by atoms with E-state index in [2.05, 4.69) is 8.58 Å². The van der Waals surface area contributed by atoms with Gasteiger partial charge in [-0.25, -0.2) is 4.18 Å². The number of hydrogen-bond acceptors (Lipinski definition) is 3. The van der Waals surface area contributed by atoms with Crippen molar-refractivity contribution in [2.45, 2.75) is 13.3 Å². The van der Waals surface area contributed by atoms with Crippen LogP contribution in [0.3, 0.4) is 0 Å². The Labute approximate surface area is 53.8 Å². The molecule has 0 aromatic heterocycles. The van der Waals surface area contributed by atoms with Gasteiger partial charge in [-0.15, -0.1) is 4.40 Å². The van der Waals surface area contributed by atoms with Crippen LogP contribution in [0.15, 0.2) is 4.40 Å². The molecule has 1 rings (SSSR count). The van der Waals surface area contributed by atoms with Crippen molar-refractivity contribution in [1.82, 2.24) is 0 Å². The van der Waals surface area contributed by atoms with Crippen molar-refractivity contribution in [3.63, 3.8) is 0 Å². The van der Waals surface area contributed by atoms with Crippen molar-refractivity contribution in [3.8, 4) is 0 Å². The average Bonchev–Trinajstić information content (AvgIpc) is 2.10. The van der Waals surface area contributed by atoms with Crippen LogP contribution in [0.4, 0.5) is 0 Å². The summed E-state index contributed by atoms with van der Waals surface area (Å²) >= 11 is 0. The second-order valence-corrected chi connectivity index (χ2v) is 2.97. The van der Waals surface area contributed by atoms with Crippen molar-refractivity contribution < 1.29 is 12.6 Å². The molecular weight excluding hydrogens is 142 g/mol. The lowest BCUT2D eigenvalue weighted by molar-refractivity contribution is 0.380. The predicted octanol–water partition coefficient (Wildman–Crippen LogP) is 0.112. The molecule has 0 atom stereocenters. The van der Waals surface area contributed by atoms with Crippen molar-refractivity contribution in [2.24, 2.45) is 4.40 Å². The molecule has 1 heterocycles. The van der Waals surface area contributed by atoms with E-state index in [4.69, 9.17) is 0 Å². The minimum atomic E-state index is -3.52. The molecule has 0 saturated heterocycles. The maximum absolute atomic E-state index is 10.4. The van der Waals surface area contributed by atoms with Gasteiger partial charge in [0.15, 0.2) is 0 Å². The molecule has 1 aliphatic heterocycles. The first-order valence-corrected chi connectivity index (χ1v) is 3.97. The third-order valence-electron chi connectivity index (χ3n) is 1.02. The van der Waals surface area contributed by atoms with Gasteiger partial charge in [-0.2, -0.15) is 8.42 Å². The van der Waals surface area contributed by atoms with Gasteiger partial charge in [-0.1, -0.05) is 6.92 Å². The van der Waals surface area contributed by atoms with Gasteiger partial charge in [-0.05, 0) is 6.42 Å². The van der Waals surface area contributed by atoms with Gasteiger partial charge in [-0.3, -0.25) is 0 Å². The molecule has 0 spiro atoms. The molecule has 0 saturated carbocycles. The van der Waals surface area contributed by atoms with Gasteiger partial charge in [0.25, 0.3) is 0 Å². The second-order valence-electron chi connectivity index (χ2n) is 1.70. The minimum absolute atomic E-state index is 0.138. The average molecular weight is 149 g/mol. The van der Waals surface area contributed by atoms with E-state index in [1.54, 1.807) is 0 Å². The largest absolute Gasteiger partial charge is 0.381 e. The third-order valence-corrected chi connectivity index (χ3v) is 1.92. The highest BCUT2D eigenvalue weighted by Gasteiger charge is 2.18. The molecule has 0 aromatic carbocycles. The lowest BCUT2D eigenvalue weighted by Gasteiger charge is -1.83. The topological polar surface area (TPSA) is 55.7 Å². The summed E-state index contributed by atoms with van der Waals surface area (Å²) in [6.07, 6.45) is 0.638. The summed E-state index contributed by atoms with van der Waals surface area (Å²) in [5.41, 5.74) is 0.593. The van der Waals surface area contributed by atoms with Crippen LogP contribution < -0.4 is 0 Å². The summed E-state index contributed by atoms with van der Waals surface area (Å²) in [5, 5.41) is 0. The van der Waals surface area contributed by atoms with E-state index in [1.165, 1.54) is 0 Å². The van der Waals surface area contributed by atoms with E-state index >= 15 is 0 Å². The second kappa shape index (κ2) is 2.07. The molecule has 1 aliphatic rings. The molecule has 9 heavy (non-hydrogen) atoms. The van der Waals surface area contributed by atoms with Crippen LogP contribution in [0.2, 0.25) is 0 Å². The zero-order chi connectivity index (χ0) is 6.91. The SMILES string of the molecule is CCC1=NS(=O)(=O)OC1. The Bertz CT molecular complexity index is 228. The molecule has 0 unspecified atom stereocenters. The fourth-order valence-corrected chi connectivity index (χ4v) is 1.36. The Kier molecular flexibility index (Phi) is 1.54. The Balaban J connectivity index is 2.85. The Hall–Kier alpha value is -0.420. The predicted molar refractivity (Wildman–Crippen MR) is 32.6 cm³/mol. The summed E-state index contributed by atoms with van der Waals surface area (Å²) in [7, 11) is -3.52. The summed E-state index contributed by atoms with van der Waals surface area (Å²) in [5.74, 6) is 0. The maximum atomic E-state index is 10.4. The Morgan fingerprint density at radius 3 is 2.67 bits per heavy atom. The van der Waals surface area contributed by atoms with E-state index in [0.717, 1.165) is 0 Å². The van der Waals surface area contributed by atoms with E-state index in [1.807, 2.05) is 6.92 Å². The maximum Gasteiger partial charge on any atom is 0.381 e. The third kappa shape index (κ3) is 1.49. The van der Waals surface area contributed by atoms with Crippen LogP contribution in [0.5, 0.6) is 0 Å². The standard InChI is InChI=1S/C4H7NO3S/c1-2-4-3-8-9(6,7)5-4/h2-3H2,1H3. The highest BCUT2D eigenvalue weighted by atomic mass is 32.2. The van der Waals surface area contributed by atoms with E-state index in [0.29, 0.717) is 12.1 Å². The van der Waals surface area contributed by atoms with Crippen molar-refractivity contribution >= 4 is 16.0 Å². The molecule has 0 aromatic rings. The van der Waals surface area contributed by atoms with Crippen LogP contribution in [-0.2, 0) is 14.5 Å². The zero-order valence-corrected chi connectivity index (χ0v) is 5.81. The molecule has 4 nitrogen and oxygen atoms in total. The fraction of sp³-hybridized carbons (Fsp3) is 0.750. The van der Waals surface area contributed by atoms with Crippen LogP contribution in [-0.4, -0.2) is 20.7 Å². The highest BCUT2D eigenvalue weighted by molar-refractivity contribution is 7.85. The van der Waals surface area contributed by atoms with Gasteiger partial charge in [0, 0.05) is 0 Å². The van der Waals surface area contributed by atoms with E-state index < -0.39 is 10.3 Å². The first kappa shape index (κ1) is 6.70. The molecule has 0 bridgehead atoms. The summed E-state index contributed by atoms with van der Waals surface area (Å²) in [6, 6.07) is 0. The lowest BCUT2D eigenvalue weighted by Crippen LogP contribution is -1.97. The van der Waals surface area contributed by atoms with Crippen molar-refractivity contribution in [1.29, 1.82) is 0 Å². The van der Waals surface area contributed by atoms with Crippen molar-refractivity contribution in [3.05, 3.63) is 0 Å². The van der Waals surface area contributed by atoms with Gasteiger partial charge < -0.3 is 0 Å². The Morgan fingerprint density at radius 1 is 1.78 bits per heavy atom. The molecule has 0 amide bonds. The van der Waals surface area contributed by atoms with Gasteiger partial charge in [0.1, 0.15) is 6.61 Å². The lowest BCUT2D eigenvalue weighted by atomic mass is 10.3. The summed E-state index contributed by atoms with van der Waals surface area (Å²) in [4.78, 5) is 0. The number of rotatable bonds is 1. The number of nitrogens with zero attached hydrogens (tertiary/aromatic N) is 1. The Morgan fingerprint density at radius 2 is 2.44 bits per heavy atom. The normalized spacial score (nSPS) is 23.9. The molecule has 0 N–H and O–H groups in total. The molecular formula is C4H7NO3S. The zero-order valence-electron chi connectivity index (χ0n) is 4.99. The monoisotopic (exact) mass is 149 g/mol. The smallest absolute Gasteiger partial charge is 0.246 e. The van der Waals surface area contributed by atoms with Crippen LogP contribution in [0.1, 0.15) is 13.3 Å². The fourth-order valence-electron chi connectivity index (χ4n) is 0.520. The summed E-state index contributed by atoms with van der Waals surface area (Å²) < 4.78 is 28.4. The van der Waals surface area contributed by atoms with Gasteiger partial charge in [0.2, 0.25) is 0 Å². The number of hydrogen-bond donors (Lipinski definition) is 0. The first-order valence-electron chi connectivity index (χ1n) is 2.61. The highest BCUT2D eigenvalue weighted by Crippen LogP contribution is 2.06. The van der Waals surface area contributed by atoms with Crippen LogP contribution in [0, 0.1) is 0 Å². The molecule has 0 fully saturated rings. The van der Waals surface area contributed by atoms with Crippen LogP contribution >= 0.6 is 0 Å². The van der Waals surface area contributed by atoms with Gasteiger partial charge in [0.05, 0.1) is 5.71 Å². The minimum Gasteiger partial charge on any atom is -0.246 e. The quantitative estimate of drug-likeness (QED) is 0.531. The molecule has 0 radical (unpaired) electrons. The van der Waals surface area contributed by atoms with E-state index in [9.17, 15) is 8.42 Å².